The molecule has 2 heterocycles. The van der Waals surface area contributed by atoms with Gasteiger partial charge in [0.25, 0.3) is 0 Å². The number of aromatic nitrogens is 2. The van der Waals surface area contributed by atoms with Gasteiger partial charge in [0.05, 0.1) is 18.1 Å². The van der Waals surface area contributed by atoms with E-state index in [0.29, 0.717) is 5.92 Å². The lowest BCUT2D eigenvalue weighted by Gasteiger charge is -2.32. The minimum Gasteiger partial charge on any atom is -0.501 e. The van der Waals surface area contributed by atoms with Crippen molar-refractivity contribution in [2.75, 3.05) is 40.3 Å². The zero-order chi connectivity index (χ0) is 19.4. The number of ether oxygens (including phenoxy) is 1. The molecule has 1 fully saturated rings. The number of nitrogens with zero attached hydrogens (tertiary/aromatic N) is 2. The molecule has 1 aliphatic heterocycles. The first-order valence-electron chi connectivity index (χ1n) is 10.2. The van der Waals surface area contributed by atoms with Crippen LogP contribution < -0.4 is 5.32 Å². The molecule has 2 aromatic rings. The second-order valence-electron chi connectivity index (χ2n) is 7.64. The first-order chi connectivity index (χ1) is 13.1. The molecule has 1 saturated heterocycles. The fourth-order valence-electron chi connectivity index (χ4n) is 4.19. The molecule has 1 aromatic carbocycles. The van der Waals surface area contributed by atoms with Crippen LogP contribution in [0.1, 0.15) is 56.0 Å². The Labute approximate surface area is 163 Å². The number of likely N-dealkylation sites (N-methyl/N-ethyl adjacent to an activating group) is 1. The highest BCUT2D eigenvalue weighted by Gasteiger charge is 2.21. The van der Waals surface area contributed by atoms with E-state index in [1.807, 2.05) is 7.05 Å². The van der Waals surface area contributed by atoms with E-state index in [0.717, 1.165) is 47.7 Å². The van der Waals surface area contributed by atoms with Gasteiger partial charge >= 0.3 is 0 Å². The molecule has 0 amide bonds. The van der Waals surface area contributed by atoms with Gasteiger partial charge in [-0.1, -0.05) is 13.0 Å². The molecule has 5 heteroatoms. The Balaban J connectivity index is 1.82. The molecule has 0 aliphatic carbocycles. The monoisotopic (exact) mass is 370 g/mol. The van der Waals surface area contributed by atoms with E-state index in [9.17, 15) is 0 Å². The topological polar surface area (TPSA) is 53.2 Å². The summed E-state index contributed by atoms with van der Waals surface area (Å²) in [4.78, 5) is 11.0. The van der Waals surface area contributed by atoms with Gasteiger partial charge in [-0.05, 0) is 69.9 Å². The number of likely N-dealkylation sites (tertiary alicyclic amines) is 1. The van der Waals surface area contributed by atoms with Gasteiger partial charge in [-0.2, -0.15) is 0 Å². The number of fused-ring (bicyclic) bond motifs is 1. The number of H-pyrrole nitrogens is 1. The third kappa shape index (κ3) is 4.36. The summed E-state index contributed by atoms with van der Waals surface area (Å²) in [5.74, 6) is 2.55. The largest absolute Gasteiger partial charge is 0.501 e. The number of piperidine rings is 1. The molecule has 148 valence electrons. The quantitative estimate of drug-likeness (QED) is 0.722. The van der Waals surface area contributed by atoms with Crippen LogP contribution in [-0.2, 0) is 4.74 Å². The Kier molecular flexibility index (Phi) is 6.55. The minimum absolute atomic E-state index is 0.646. The van der Waals surface area contributed by atoms with Crippen molar-refractivity contribution in [3.05, 3.63) is 34.8 Å². The third-order valence-electron chi connectivity index (χ3n) is 5.88. The van der Waals surface area contributed by atoms with Crippen molar-refractivity contribution in [2.45, 2.75) is 46.0 Å². The van der Waals surface area contributed by atoms with Crippen molar-refractivity contribution in [2.24, 2.45) is 0 Å². The van der Waals surface area contributed by atoms with Crippen molar-refractivity contribution in [1.29, 1.82) is 0 Å². The number of allylic oxidation sites excluding steroid dienone is 2. The maximum Gasteiger partial charge on any atom is 0.137 e. The lowest BCUT2D eigenvalue weighted by Crippen LogP contribution is -2.37. The third-order valence-corrected chi connectivity index (χ3v) is 5.88. The van der Waals surface area contributed by atoms with Gasteiger partial charge in [-0.15, -0.1) is 0 Å². The van der Waals surface area contributed by atoms with Crippen molar-refractivity contribution in [1.82, 2.24) is 20.2 Å². The summed E-state index contributed by atoms with van der Waals surface area (Å²) < 4.78 is 5.51. The van der Waals surface area contributed by atoms with Gasteiger partial charge in [-0.25, -0.2) is 4.98 Å². The molecule has 0 bridgehead atoms. The first-order valence-corrected chi connectivity index (χ1v) is 10.2. The molecule has 1 aliphatic rings. The number of methoxy groups -OCH3 is 1. The van der Waals surface area contributed by atoms with Crippen LogP contribution in [0.2, 0.25) is 0 Å². The van der Waals surface area contributed by atoms with Crippen LogP contribution in [0.25, 0.3) is 16.6 Å². The maximum absolute atomic E-state index is 5.51. The Bertz CT molecular complexity index is 794. The highest BCUT2D eigenvalue weighted by atomic mass is 16.5. The Morgan fingerprint density at radius 3 is 2.70 bits per heavy atom. The highest BCUT2D eigenvalue weighted by Crippen LogP contribution is 2.32. The van der Waals surface area contributed by atoms with Crippen LogP contribution in [0, 0.1) is 6.92 Å². The molecule has 0 spiro atoms. The van der Waals surface area contributed by atoms with Gasteiger partial charge in [0.2, 0.25) is 0 Å². The van der Waals surface area contributed by atoms with Crippen molar-refractivity contribution in [3.8, 4) is 0 Å². The van der Waals surface area contributed by atoms with Crippen LogP contribution in [0.5, 0.6) is 0 Å². The number of hydrogen-bond acceptors (Lipinski definition) is 4. The minimum atomic E-state index is 0.646. The number of hydrogen-bond donors (Lipinski definition) is 2. The van der Waals surface area contributed by atoms with E-state index in [2.05, 4.69) is 48.1 Å². The summed E-state index contributed by atoms with van der Waals surface area (Å²) >= 11 is 0. The van der Waals surface area contributed by atoms with E-state index in [-0.39, 0.29) is 0 Å². The summed E-state index contributed by atoms with van der Waals surface area (Å²) in [6.07, 6.45) is 3.34. The van der Waals surface area contributed by atoms with Crippen molar-refractivity contribution >= 4 is 16.6 Å². The number of benzene rings is 1. The van der Waals surface area contributed by atoms with Gasteiger partial charge in [0, 0.05) is 25.1 Å². The van der Waals surface area contributed by atoms with Gasteiger partial charge in [0.15, 0.2) is 0 Å². The standard InChI is InChI=1S/C22H34N4O/c1-6-20(27-5)16(3)22-24-19-14-18(13-15(2)21(19)25-22)17-7-10-26(11-8-17)12-9-23-4/h13-14,17,23H,6-12H2,1-5H3,(H,24,25)/b20-16-. The number of aryl methyl sites for hydroxylation is 1. The molecule has 0 saturated carbocycles. The van der Waals surface area contributed by atoms with Gasteiger partial charge in [-0.3, -0.25) is 0 Å². The lowest BCUT2D eigenvalue weighted by molar-refractivity contribution is 0.214. The highest BCUT2D eigenvalue weighted by molar-refractivity contribution is 5.82. The van der Waals surface area contributed by atoms with Crippen LogP contribution in [0.15, 0.2) is 17.9 Å². The zero-order valence-corrected chi connectivity index (χ0v) is 17.5. The molecular formula is C22H34N4O. The van der Waals surface area contributed by atoms with E-state index in [1.54, 1.807) is 7.11 Å². The SMILES string of the molecule is CC/C(OC)=C(\C)c1nc2c(C)cc(C3CCN(CCNC)CC3)cc2[nH]1. The zero-order valence-electron chi connectivity index (χ0n) is 17.5. The van der Waals surface area contributed by atoms with Crippen molar-refractivity contribution in [3.63, 3.8) is 0 Å². The molecule has 0 atom stereocenters. The molecule has 27 heavy (non-hydrogen) atoms. The normalized spacial score (nSPS) is 17.4. The number of rotatable bonds is 7. The summed E-state index contributed by atoms with van der Waals surface area (Å²) in [7, 11) is 3.76. The average molecular weight is 371 g/mol. The van der Waals surface area contributed by atoms with E-state index in [1.165, 1.54) is 37.1 Å². The molecule has 0 unspecified atom stereocenters. The smallest absolute Gasteiger partial charge is 0.137 e. The van der Waals surface area contributed by atoms with E-state index >= 15 is 0 Å². The Hall–Kier alpha value is -1.85. The summed E-state index contributed by atoms with van der Waals surface area (Å²) in [6, 6.07) is 4.66. The summed E-state index contributed by atoms with van der Waals surface area (Å²) in [6.45, 7) is 11.0. The van der Waals surface area contributed by atoms with E-state index in [4.69, 9.17) is 9.72 Å². The van der Waals surface area contributed by atoms with Gasteiger partial charge in [0.1, 0.15) is 11.6 Å². The Morgan fingerprint density at radius 1 is 1.33 bits per heavy atom. The second kappa shape index (κ2) is 8.89. The summed E-state index contributed by atoms with van der Waals surface area (Å²) in [5, 5.41) is 3.25. The number of nitrogens with one attached hydrogen (secondary N) is 2. The Morgan fingerprint density at radius 2 is 2.07 bits per heavy atom. The van der Waals surface area contributed by atoms with E-state index < -0.39 is 0 Å². The molecule has 5 nitrogen and oxygen atoms in total. The van der Waals surface area contributed by atoms with Gasteiger partial charge < -0.3 is 19.9 Å². The number of imidazole rings is 1. The van der Waals surface area contributed by atoms with Crippen LogP contribution in [0.3, 0.4) is 0 Å². The molecule has 3 rings (SSSR count). The molecule has 0 radical (unpaired) electrons. The fraction of sp³-hybridized carbons (Fsp3) is 0.591. The molecule has 2 N–H and O–H groups in total. The predicted molar refractivity (Wildman–Crippen MR) is 113 cm³/mol. The first kappa shape index (κ1) is 19.9. The molecular weight excluding hydrogens is 336 g/mol. The summed E-state index contributed by atoms with van der Waals surface area (Å²) in [5.41, 5.74) is 6.02. The van der Waals surface area contributed by atoms with Crippen molar-refractivity contribution < 1.29 is 4.74 Å². The second-order valence-corrected chi connectivity index (χ2v) is 7.64. The fourth-order valence-corrected chi connectivity index (χ4v) is 4.19. The number of aromatic amines is 1. The predicted octanol–water partition coefficient (Wildman–Crippen LogP) is 4.06. The lowest BCUT2D eigenvalue weighted by atomic mass is 9.88. The average Bonchev–Trinajstić information content (AvgIpc) is 3.12. The van der Waals surface area contributed by atoms with Crippen LogP contribution in [0.4, 0.5) is 0 Å². The molecule has 1 aromatic heterocycles. The maximum atomic E-state index is 5.51. The van der Waals surface area contributed by atoms with Crippen LogP contribution >= 0.6 is 0 Å². The van der Waals surface area contributed by atoms with Crippen LogP contribution in [-0.4, -0.2) is 55.2 Å².